The first-order valence-corrected chi connectivity index (χ1v) is 6.87. The molecule has 0 heterocycles. The smallest absolute Gasteiger partial charge is 0.295 e. The van der Waals surface area contributed by atoms with E-state index in [-0.39, 0.29) is 0 Å². The van der Waals surface area contributed by atoms with Gasteiger partial charge in [0.1, 0.15) is 0 Å². The molecule has 0 spiro atoms. The highest BCUT2D eigenvalue weighted by atomic mass is 19.1. The Morgan fingerprint density at radius 1 is 1.57 bits per heavy atom. The lowest BCUT2D eigenvalue weighted by Gasteiger charge is -2.35. The number of carbonyl (C=O) groups is 1. The number of para-hydroxylation sites is 1. The Hall–Kier alpha value is -2.02. The summed E-state index contributed by atoms with van der Waals surface area (Å²) in [5, 5.41) is 13.2. The largest absolute Gasteiger partial charge is 0.317 e. The monoisotopic (exact) mass is 295 g/mol. The van der Waals surface area contributed by atoms with Gasteiger partial charge in [-0.3, -0.25) is 14.9 Å². The number of nitro groups is 1. The molecule has 0 aromatic heterocycles. The summed E-state index contributed by atoms with van der Waals surface area (Å²) in [4.78, 5) is 22.5. The van der Waals surface area contributed by atoms with Crippen LogP contribution in [0.5, 0.6) is 0 Å². The van der Waals surface area contributed by atoms with Crippen LogP contribution in [0.2, 0.25) is 0 Å². The van der Waals surface area contributed by atoms with Gasteiger partial charge in [0.2, 0.25) is 5.91 Å². The van der Waals surface area contributed by atoms with Gasteiger partial charge in [-0.1, -0.05) is 25.8 Å². The van der Waals surface area contributed by atoms with Crippen molar-refractivity contribution in [1.29, 1.82) is 0 Å². The Morgan fingerprint density at radius 2 is 2.29 bits per heavy atom. The Balaban J connectivity index is 2.26. The molecule has 2 atom stereocenters. The summed E-state index contributed by atoms with van der Waals surface area (Å²) in [6.07, 6.45) is 2.78. The fourth-order valence-electron chi connectivity index (χ4n) is 2.82. The summed E-state index contributed by atoms with van der Waals surface area (Å²) in [6.45, 7) is 2.00. The van der Waals surface area contributed by atoms with E-state index in [4.69, 9.17) is 5.73 Å². The third kappa shape index (κ3) is 3.18. The van der Waals surface area contributed by atoms with Crippen LogP contribution in [0.15, 0.2) is 18.2 Å². The van der Waals surface area contributed by atoms with E-state index in [1.807, 2.05) is 6.92 Å². The van der Waals surface area contributed by atoms with E-state index < -0.39 is 33.6 Å². The number of carbonyl (C=O) groups excluding carboxylic acids is 1. The Labute approximate surface area is 121 Å². The molecule has 21 heavy (non-hydrogen) atoms. The molecular weight excluding hydrogens is 277 g/mol. The summed E-state index contributed by atoms with van der Waals surface area (Å²) in [6, 6.07) is 3.44. The van der Waals surface area contributed by atoms with Crippen LogP contribution in [-0.4, -0.2) is 16.4 Å². The molecule has 0 saturated heterocycles. The van der Waals surface area contributed by atoms with E-state index >= 15 is 0 Å². The van der Waals surface area contributed by atoms with Gasteiger partial charge in [-0.25, -0.2) is 4.39 Å². The van der Waals surface area contributed by atoms with Crippen LogP contribution >= 0.6 is 0 Å². The number of hydrogen-bond acceptors (Lipinski definition) is 4. The fraction of sp³-hybridized carbons (Fsp3) is 0.500. The molecule has 7 heteroatoms. The first-order valence-electron chi connectivity index (χ1n) is 6.87. The van der Waals surface area contributed by atoms with Crippen molar-refractivity contribution in [3.05, 3.63) is 34.1 Å². The predicted octanol–water partition coefficient (Wildman–Crippen LogP) is 2.58. The number of anilines is 1. The first-order chi connectivity index (χ1) is 9.83. The second-order valence-corrected chi connectivity index (χ2v) is 5.70. The van der Waals surface area contributed by atoms with Crippen LogP contribution in [0.4, 0.5) is 15.8 Å². The van der Waals surface area contributed by atoms with E-state index in [0.29, 0.717) is 18.8 Å². The van der Waals surface area contributed by atoms with Gasteiger partial charge in [0, 0.05) is 6.07 Å². The van der Waals surface area contributed by atoms with Crippen LogP contribution in [0, 0.1) is 21.8 Å². The van der Waals surface area contributed by atoms with E-state index in [0.717, 1.165) is 25.0 Å². The molecule has 3 N–H and O–H groups in total. The molecule has 0 aliphatic heterocycles. The van der Waals surface area contributed by atoms with E-state index in [2.05, 4.69) is 5.32 Å². The van der Waals surface area contributed by atoms with Gasteiger partial charge in [-0.05, 0) is 24.8 Å². The van der Waals surface area contributed by atoms with Crippen molar-refractivity contribution in [2.45, 2.75) is 38.1 Å². The molecule has 114 valence electrons. The molecule has 0 radical (unpaired) electrons. The SMILES string of the molecule is CC1CCCC(N)(C(=O)Nc2c(F)cccc2[N+](=O)[O-])C1. The molecule has 1 aromatic carbocycles. The van der Waals surface area contributed by atoms with Crippen LogP contribution in [0.25, 0.3) is 0 Å². The maximum atomic E-state index is 13.8. The Bertz CT molecular complexity index is 579. The maximum Gasteiger partial charge on any atom is 0.295 e. The highest BCUT2D eigenvalue weighted by molar-refractivity contribution is 5.99. The van der Waals surface area contributed by atoms with Crippen molar-refractivity contribution in [2.75, 3.05) is 5.32 Å². The van der Waals surface area contributed by atoms with Crippen molar-refractivity contribution < 1.29 is 14.1 Å². The molecule has 2 rings (SSSR count). The van der Waals surface area contributed by atoms with Crippen molar-refractivity contribution >= 4 is 17.3 Å². The lowest BCUT2D eigenvalue weighted by molar-refractivity contribution is -0.384. The minimum absolute atomic E-state index is 0.296. The van der Waals surface area contributed by atoms with Gasteiger partial charge in [0.15, 0.2) is 11.5 Å². The maximum absolute atomic E-state index is 13.8. The molecule has 1 aromatic rings. The summed E-state index contributed by atoms with van der Waals surface area (Å²) in [5.41, 5.74) is 4.11. The summed E-state index contributed by atoms with van der Waals surface area (Å²) in [7, 11) is 0. The summed E-state index contributed by atoms with van der Waals surface area (Å²) in [5.74, 6) is -1.11. The number of amides is 1. The van der Waals surface area contributed by atoms with Crippen molar-refractivity contribution in [3.8, 4) is 0 Å². The number of nitro benzene ring substituents is 1. The van der Waals surface area contributed by atoms with Crippen LogP contribution in [0.1, 0.15) is 32.6 Å². The zero-order valence-corrected chi connectivity index (χ0v) is 11.8. The lowest BCUT2D eigenvalue weighted by atomic mass is 9.76. The van der Waals surface area contributed by atoms with Crippen molar-refractivity contribution in [2.24, 2.45) is 11.7 Å². The van der Waals surface area contributed by atoms with Gasteiger partial charge < -0.3 is 11.1 Å². The first kappa shape index (κ1) is 15.4. The average molecular weight is 295 g/mol. The second kappa shape index (κ2) is 5.77. The van der Waals surface area contributed by atoms with E-state index in [1.165, 1.54) is 6.07 Å². The number of nitrogens with one attached hydrogen (secondary N) is 1. The molecule has 1 aliphatic carbocycles. The zero-order valence-electron chi connectivity index (χ0n) is 11.8. The zero-order chi connectivity index (χ0) is 15.6. The molecule has 0 bridgehead atoms. The molecule has 1 amide bonds. The van der Waals surface area contributed by atoms with Gasteiger partial charge >= 0.3 is 0 Å². The third-order valence-electron chi connectivity index (χ3n) is 3.91. The number of rotatable bonds is 3. The minimum atomic E-state index is -1.10. The fourth-order valence-corrected chi connectivity index (χ4v) is 2.82. The molecular formula is C14H18FN3O3. The predicted molar refractivity (Wildman–Crippen MR) is 76.2 cm³/mol. The molecule has 6 nitrogen and oxygen atoms in total. The standard InChI is InChI=1S/C14H18FN3O3/c1-9-4-3-7-14(16,8-9)13(19)17-12-10(15)5-2-6-11(12)18(20)21/h2,5-6,9H,3-4,7-8,16H2,1H3,(H,17,19). The third-order valence-corrected chi connectivity index (χ3v) is 3.91. The van der Waals surface area contributed by atoms with Crippen molar-refractivity contribution in [3.63, 3.8) is 0 Å². The quantitative estimate of drug-likeness (QED) is 0.661. The van der Waals surface area contributed by atoms with Gasteiger partial charge in [0.25, 0.3) is 5.69 Å². The minimum Gasteiger partial charge on any atom is -0.317 e. The highest BCUT2D eigenvalue weighted by Gasteiger charge is 2.39. The summed E-state index contributed by atoms with van der Waals surface area (Å²) >= 11 is 0. The van der Waals surface area contributed by atoms with E-state index in [9.17, 15) is 19.3 Å². The number of nitrogens with zero attached hydrogens (tertiary/aromatic N) is 1. The van der Waals surface area contributed by atoms with Crippen LogP contribution in [0.3, 0.4) is 0 Å². The molecule has 1 saturated carbocycles. The van der Waals surface area contributed by atoms with Crippen LogP contribution in [-0.2, 0) is 4.79 Å². The van der Waals surface area contributed by atoms with Gasteiger partial charge in [0.05, 0.1) is 10.5 Å². The van der Waals surface area contributed by atoms with Crippen molar-refractivity contribution in [1.82, 2.24) is 0 Å². The lowest BCUT2D eigenvalue weighted by Crippen LogP contribution is -2.53. The second-order valence-electron chi connectivity index (χ2n) is 5.70. The Morgan fingerprint density at radius 3 is 2.90 bits per heavy atom. The van der Waals surface area contributed by atoms with Crippen LogP contribution < -0.4 is 11.1 Å². The summed E-state index contributed by atoms with van der Waals surface area (Å²) < 4.78 is 13.8. The number of halogens is 1. The number of nitrogens with two attached hydrogens (primary N) is 1. The topological polar surface area (TPSA) is 98.3 Å². The van der Waals surface area contributed by atoms with Gasteiger partial charge in [-0.2, -0.15) is 0 Å². The van der Waals surface area contributed by atoms with E-state index in [1.54, 1.807) is 0 Å². The number of hydrogen-bond donors (Lipinski definition) is 2. The molecule has 2 unspecified atom stereocenters. The Kier molecular flexibility index (Phi) is 4.22. The van der Waals surface area contributed by atoms with Gasteiger partial charge in [-0.15, -0.1) is 0 Å². The number of benzene rings is 1. The highest BCUT2D eigenvalue weighted by Crippen LogP contribution is 2.33. The average Bonchev–Trinajstić information content (AvgIpc) is 2.40. The molecule has 1 aliphatic rings. The normalized spacial score (nSPS) is 25.4. The molecule has 1 fully saturated rings.